The van der Waals surface area contributed by atoms with Gasteiger partial charge in [0.15, 0.2) is 11.6 Å². The fourth-order valence-corrected chi connectivity index (χ4v) is 3.13. The van der Waals surface area contributed by atoms with Crippen molar-refractivity contribution in [1.82, 2.24) is 4.98 Å². The number of rotatable bonds is 4. The number of pyridine rings is 1. The topological polar surface area (TPSA) is 69.4 Å². The number of ether oxygens (including phenoxy) is 2. The molecular weight excluding hydrogens is 254 g/mol. The van der Waals surface area contributed by atoms with Crippen molar-refractivity contribution in [3.05, 3.63) is 18.3 Å². The summed E-state index contributed by atoms with van der Waals surface area (Å²) in [5.74, 6) is 2.02. The Labute approximate surface area is 119 Å². The van der Waals surface area contributed by atoms with Gasteiger partial charge in [0.25, 0.3) is 0 Å². The number of nitrogens with one attached hydrogen (secondary N) is 1. The van der Waals surface area contributed by atoms with Crippen LogP contribution in [0.15, 0.2) is 18.3 Å². The van der Waals surface area contributed by atoms with Crippen LogP contribution in [0.3, 0.4) is 0 Å². The minimum absolute atomic E-state index is 0.119. The van der Waals surface area contributed by atoms with E-state index in [1.807, 2.05) is 26.0 Å². The lowest BCUT2D eigenvalue weighted by atomic mass is 9.68. The highest BCUT2D eigenvalue weighted by Crippen LogP contribution is 2.39. The lowest BCUT2D eigenvalue weighted by Gasteiger charge is -2.52. The highest BCUT2D eigenvalue weighted by Gasteiger charge is 2.50. The van der Waals surface area contributed by atoms with Gasteiger partial charge in [-0.05, 0) is 38.8 Å². The molecule has 2 fully saturated rings. The van der Waals surface area contributed by atoms with Crippen LogP contribution < -0.4 is 15.8 Å². The number of hydrogen-bond donors (Lipinski definition) is 2. The van der Waals surface area contributed by atoms with Gasteiger partial charge in [-0.1, -0.05) is 0 Å². The Hall–Kier alpha value is -1.33. The van der Waals surface area contributed by atoms with E-state index in [4.69, 9.17) is 15.2 Å². The smallest absolute Gasteiger partial charge is 0.169 e. The standard InChI is InChI=1S/C15H23N3O2/c1-9(2)20-11-6-3-7-17-15(11)18-13-12(16)10-5-4-8-19-14(10)13/h3,6-7,9-10,12-14H,4-5,8,16H2,1-2H3,(H,17,18). The number of anilines is 1. The van der Waals surface area contributed by atoms with Crippen LogP contribution in [0.5, 0.6) is 5.75 Å². The first kappa shape index (κ1) is 13.6. The van der Waals surface area contributed by atoms with Gasteiger partial charge in [-0.15, -0.1) is 0 Å². The van der Waals surface area contributed by atoms with E-state index in [2.05, 4.69) is 10.3 Å². The van der Waals surface area contributed by atoms with Gasteiger partial charge in [-0.2, -0.15) is 0 Å². The molecule has 3 rings (SSSR count). The van der Waals surface area contributed by atoms with Gasteiger partial charge >= 0.3 is 0 Å². The van der Waals surface area contributed by atoms with Crippen LogP contribution in [0.1, 0.15) is 26.7 Å². The van der Waals surface area contributed by atoms with Crippen molar-refractivity contribution in [2.24, 2.45) is 11.7 Å². The normalized spacial score (nSPS) is 32.4. The summed E-state index contributed by atoms with van der Waals surface area (Å²) < 4.78 is 11.6. The van der Waals surface area contributed by atoms with E-state index in [0.29, 0.717) is 5.92 Å². The lowest BCUT2D eigenvalue weighted by Crippen LogP contribution is -2.69. The molecule has 0 bridgehead atoms. The summed E-state index contributed by atoms with van der Waals surface area (Å²) in [4.78, 5) is 4.38. The van der Waals surface area contributed by atoms with Crippen molar-refractivity contribution in [2.45, 2.75) is 51.0 Å². The van der Waals surface area contributed by atoms with Crippen molar-refractivity contribution in [3.8, 4) is 5.75 Å². The minimum atomic E-state index is 0.119. The maximum atomic E-state index is 6.27. The largest absolute Gasteiger partial charge is 0.487 e. The first-order valence-electron chi connectivity index (χ1n) is 7.42. The molecule has 3 N–H and O–H groups in total. The Morgan fingerprint density at radius 1 is 1.50 bits per heavy atom. The quantitative estimate of drug-likeness (QED) is 0.878. The van der Waals surface area contributed by atoms with Gasteiger partial charge < -0.3 is 20.5 Å². The van der Waals surface area contributed by atoms with Crippen LogP contribution in [-0.2, 0) is 4.74 Å². The molecule has 1 aliphatic heterocycles. The third kappa shape index (κ3) is 2.47. The van der Waals surface area contributed by atoms with E-state index in [1.54, 1.807) is 6.20 Å². The van der Waals surface area contributed by atoms with E-state index >= 15 is 0 Å². The first-order valence-corrected chi connectivity index (χ1v) is 7.42. The van der Waals surface area contributed by atoms with E-state index in [1.165, 1.54) is 6.42 Å². The van der Waals surface area contributed by atoms with Gasteiger partial charge in [-0.25, -0.2) is 4.98 Å². The minimum Gasteiger partial charge on any atom is -0.487 e. The zero-order valence-corrected chi connectivity index (χ0v) is 12.1. The fourth-order valence-electron chi connectivity index (χ4n) is 3.13. The summed E-state index contributed by atoms with van der Waals surface area (Å²) in [6.45, 7) is 4.85. The molecule has 20 heavy (non-hydrogen) atoms. The maximum Gasteiger partial charge on any atom is 0.169 e. The van der Waals surface area contributed by atoms with E-state index in [9.17, 15) is 0 Å². The van der Waals surface area contributed by atoms with Crippen LogP contribution >= 0.6 is 0 Å². The molecule has 5 nitrogen and oxygen atoms in total. The van der Waals surface area contributed by atoms with Gasteiger partial charge in [0.2, 0.25) is 0 Å². The van der Waals surface area contributed by atoms with Crippen LogP contribution in [0.25, 0.3) is 0 Å². The fraction of sp³-hybridized carbons (Fsp3) is 0.667. The molecule has 1 saturated carbocycles. The third-order valence-corrected chi connectivity index (χ3v) is 4.11. The van der Waals surface area contributed by atoms with E-state index in [0.717, 1.165) is 24.6 Å². The highest BCUT2D eigenvalue weighted by molar-refractivity contribution is 5.51. The summed E-state index contributed by atoms with van der Waals surface area (Å²) in [7, 11) is 0. The van der Waals surface area contributed by atoms with Crippen LogP contribution in [0, 0.1) is 5.92 Å². The molecule has 1 aliphatic carbocycles. The molecule has 1 saturated heterocycles. The van der Waals surface area contributed by atoms with E-state index in [-0.39, 0.29) is 24.3 Å². The molecule has 0 radical (unpaired) electrons. The summed E-state index contributed by atoms with van der Waals surface area (Å²) in [5, 5.41) is 3.42. The average Bonchev–Trinajstić information content (AvgIpc) is 2.45. The Morgan fingerprint density at radius 3 is 3.15 bits per heavy atom. The van der Waals surface area contributed by atoms with Crippen LogP contribution in [0.2, 0.25) is 0 Å². The molecule has 110 valence electrons. The van der Waals surface area contributed by atoms with Crippen LogP contribution in [0.4, 0.5) is 5.82 Å². The predicted molar refractivity (Wildman–Crippen MR) is 77.9 cm³/mol. The number of aromatic nitrogens is 1. The molecule has 0 spiro atoms. The summed E-state index contributed by atoms with van der Waals surface area (Å²) in [5.41, 5.74) is 6.27. The zero-order valence-electron chi connectivity index (χ0n) is 12.1. The second-order valence-corrected chi connectivity index (χ2v) is 5.91. The Bertz CT molecular complexity index is 466. The molecule has 4 unspecified atom stereocenters. The molecule has 0 aromatic carbocycles. The van der Waals surface area contributed by atoms with Crippen molar-refractivity contribution in [2.75, 3.05) is 11.9 Å². The molecule has 2 heterocycles. The van der Waals surface area contributed by atoms with Crippen LogP contribution in [-0.4, -0.2) is 35.9 Å². The van der Waals surface area contributed by atoms with Gasteiger partial charge in [0, 0.05) is 24.8 Å². The molecule has 5 heteroatoms. The molecule has 1 aromatic rings. The van der Waals surface area contributed by atoms with Gasteiger partial charge in [0.1, 0.15) is 0 Å². The molecular formula is C15H23N3O2. The predicted octanol–water partition coefficient (Wildman–Crippen LogP) is 1.79. The number of hydrogen-bond acceptors (Lipinski definition) is 5. The molecule has 2 aliphatic rings. The Balaban J connectivity index is 1.71. The summed E-state index contributed by atoms with van der Waals surface area (Å²) >= 11 is 0. The zero-order chi connectivity index (χ0) is 14.1. The van der Waals surface area contributed by atoms with Gasteiger partial charge in [0.05, 0.1) is 18.2 Å². The highest BCUT2D eigenvalue weighted by atomic mass is 16.5. The van der Waals surface area contributed by atoms with Crippen molar-refractivity contribution in [1.29, 1.82) is 0 Å². The number of nitrogens with zero attached hydrogens (tertiary/aromatic N) is 1. The number of nitrogens with two attached hydrogens (primary N) is 1. The van der Waals surface area contributed by atoms with Crippen molar-refractivity contribution in [3.63, 3.8) is 0 Å². The summed E-state index contributed by atoms with van der Waals surface area (Å²) in [6, 6.07) is 4.07. The summed E-state index contributed by atoms with van der Waals surface area (Å²) in [6.07, 6.45) is 4.38. The SMILES string of the molecule is CC(C)Oc1cccnc1NC1C(N)C2CCCOC21. The number of fused-ring (bicyclic) bond motifs is 1. The Kier molecular flexibility index (Phi) is 3.81. The van der Waals surface area contributed by atoms with Crippen molar-refractivity contribution >= 4 is 5.82 Å². The molecule has 1 aromatic heterocycles. The van der Waals surface area contributed by atoms with Crippen molar-refractivity contribution < 1.29 is 9.47 Å². The first-order chi connectivity index (χ1) is 9.66. The average molecular weight is 277 g/mol. The second kappa shape index (κ2) is 5.58. The third-order valence-electron chi connectivity index (χ3n) is 4.11. The second-order valence-electron chi connectivity index (χ2n) is 5.91. The molecule has 4 atom stereocenters. The van der Waals surface area contributed by atoms with Gasteiger partial charge in [-0.3, -0.25) is 0 Å². The molecule has 0 amide bonds. The Morgan fingerprint density at radius 2 is 2.35 bits per heavy atom. The lowest BCUT2D eigenvalue weighted by molar-refractivity contribution is -0.104. The van der Waals surface area contributed by atoms with E-state index < -0.39 is 0 Å². The maximum absolute atomic E-state index is 6.27. The monoisotopic (exact) mass is 277 g/mol.